The lowest BCUT2D eigenvalue weighted by Crippen LogP contribution is -2.40. The van der Waals surface area contributed by atoms with Gasteiger partial charge in [0.15, 0.2) is 5.96 Å². The fourth-order valence-electron chi connectivity index (χ4n) is 3.29. The molecule has 0 spiro atoms. The Balaban J connectivity index is 1.76. The number of carbonyl (C=O) groups is 1. The summed E-state index contributed by atoms with van der Waals surface area (Å²) >= 11 is 0. The second-order valence-corrected chi connectivity index (χ2v) is 6.80. The molecule has 0 aromatic heterocycles. The third-order valence-electron chi connectivity index (χ3n) is 5.01. The minimum Gasteiger partial charge on any atom is -0.357 e. The van der Waals surface area contributed by atoms with Crippen molar-refractivity contribution in [1.29, 1.82) is 0 Å². The van der Waals surface area contributed by atoms with Gasteiger partial charge >= 0.3 is 0 Å². The Morgan fingerprint density at radius 1 is 1.09 bits per heavy atom. The topological polar surface area (TPSA) is 56.7 Å². The Labute approximate surface area is 141 Å². The molecule has 2 N–H and O–H groups in total. The lowest BCUT2D eigenvalue weighted by molar-refractivity contribution is -0.130. The molecule has 0 saturated heterocycles. The minimum absolute atomic E-state index is 0.215. The predicted octanol–water partition coefficient (Wildman–Crippen LogP) is 2.24. The molecule has 0 unspecified atom stereocenters. The van der Waals surface area contributed by atoms with Crippen molar-refractivity contribution in [3.63, 3.8) is 0 Å². The summed E-state index contributed by atoms with van der Waals surface area (Å²) in [6, 6.07) is 0. The molecular weight excluding hydrogens is 288 g/mol. The van der Waals surface area contributed by atoms with Gasteiger partial charge < -0.3 is 15.5 Å². The molecule has 0 bridgehead atoms. The maximum absolute atomic E-state index is 12.0. The Kier molecular flexibility index (Phi) is 7.18. The molecule has 0 radical (unpaired) electrons. The molecule has 0 aromatic carbocycles. The zero-order valence-electron chi connectivity index (χ0n) is 15.1. The summed E-state index contributed by atoms with van der Waals surface area (Å²) in [5.74, 6) is 3.73. The molecule has 2 saturated carbocycles. The molecular formula is C18H34N4O. The maximum atomic E-state index is 12.0. The van der Waals surface area contributed by atoms with Crippen LogP contribution >= 0.6 is 0 Å². The molecule has 0 heterocycles. The van der Waals surface area contributed by atoms with Gasteiger partial charge in [-0.3, -0.25) is 9.79 Å². The van der Waals surface area contributed by atoms with Crippen LogP contribution in [0.15, 0.2) is 4.99 Å². The Hall–Kier alpha value is -1.26. The minimum atomic E-state index is 0.215. The Bertz CT molecular complexity index is 386. The molecule has 5 heteroatoms. The van der Waals surface area contributed by atoms with Crippen molar-refractivity contribution in [2.45, 2.75) is 52.9 Å². The monoisotopic (exact) mass is 322 g/mol. The summed E-state index contributed by atoms with van der Waals surface area (Å²) in [7, 11) is 0. The molecule has 2 aliphatic rings. The highest BCUT2D eigenvalue weighted by Gasteiger charge is 2.41. The van der Waals surface area contributed by atoms with E-state index in [1.807, 2.05) is 18.7 Å². The summed E-state index contributed by atoms with van der Waals surface area (Å²) < 4.78 is 0. The summed E-state index contributed by atoms with van der Waals surface area (Å²) in [6.45, 7) is 10.1. The summed E-state index contributed by atoms with van der Waals surface area (Å²) in [5.41, 5.74) is 0. The molecule has 2 aliphatic carbocycles. The van der Waals surface area contributed by atoms with Crippen LogP contribution in [-0.4, -0.2) is 49.5 Å². The van der Waals surface area contributed by atoms with Crippen LogP contribution in [0.2, 0.25) is 0 Å². The van der Waals surface area contributed by atoms with Gasteiger partial charge in [-0.25, -0.2) is 0 Å². The van der Waals surface area contributed by atoms with Gasteiger partial charge in [0.2, 0.25) is 5.91 Å². The third kappa shape index (κ3) is 6.04. The zero-order valence-corrected chi connectivity index (χ0v) is 15.1. The van der Waals surface area contributed by atoms with Crippen LogP contribution in [0.5, 0.6) is 0 Å². The molecule has 2 fully saturated rings. The first-order valence-electron chi connectivity index (χ1n) is 9.49. The van der Waals surface area contributed by atoms with Crippen molar-refractivity contribution >= 4 is 11.9 Å². The summed E-state index contributed by atoms with van der Waals surface area (Å²) in [6.07, 6.45) is 6.14. The number of carbonyl (C=O) groups excluding carboxylic acids is 1. The van der Waals surface area contributed by atoms with Crippen molar-refractivity contribution in [2.24, 2.45) is 22.7 Å². The van der Waals surface area contributed by atoms with Crippen LogP contribution in [0, 0.1) is 17.8 Å². The summed E-state index contributed by atoms with van der Waals surface area (Å²) in [5, 5.41) is 6.62. The van der Waals surface area contributed by atoms with Crippen molar-refractivity contribution in [1.82, 2.24) is 15.5 Å². The number of rotatable bonds is 10. The normalized spacial score (nSPS) is 18.2. The molecule has 0 atom stereocenters. The number of hydrogen-bond donors (Lipinski definition) is 2. The van der Waals surface area contributed by atoms with E-state index in [2.05, 4.69) is 17.6 Å². The van der Waals surface area contributed by atoms with E-state index < -0.39 is 0 Å². The second-order valence-electron chi connectivity index (χ2n) is 6.80. The first kappa shape index (κ1) is 18.1. The highest BCUT2D eigenvalue weighted by molar-refractivity contribution is 5.81. The van der Waals surface area contributed by atoms with Gasteiger partial charge in [0.25, 0.3) is 0 Å². The van der Waals surface area contributed by atoms with E-state index in [0.717, 1.165) is 49.9 Å². The molecule has 0 aromatic rings. The van der Waals surface area contributed by atoms with Gasteiger partial charge in [-0.05, 0) is 64.2 Å². The average Bonchev–Trinajstić information content (AvgIpc) is 3.42. The van der Waals surface area contributed by atoms with Gasteiger partial charge in [-0.1, -0.05) is 0 Å². The smallest absolute Gasteiger partial charge is 0.224 e. The van der Waals surface area contributed by atoms with E-state index in [9.17, 15) is 4.79 Å². The van der Waals surface area contributed by atoms with Crippen LogP contribution in [0.3, 0.4) is 0 Å². The van der Waals surface area contributed by atoms with Crippen LogP contribution in [-0.2, 0) is 4.79 Å². The molecule has 0 aliphatic heterocycles. The van der Waals surface area contributed by atoms with Crippen LogP contribution in [0.4, 0.5) is 0 Å². The first-order valence-corrected chi connectivity index (χ1v) is 9.49. The highest BCUT2D eigenvalue weighted by Crippen LogP contribution is 2.49. The second kappa shape index (κ2) is 9.14. The molecule has 1 amide bonds. The predicted molar refractivity (Wildman–Crippen MR) is 95.5 cm³/mol. The average molecular weight is 322 g/mol. The Morgan fingerprint density at radius 2 is 1.70 bits per heavy atom. The lowest BCUT2D eigenvalue weighted by atomic mass is 9.98. The van der Waals surface area contributed by atoms with Gasteiger partial charge in [0, 0.05) is 39.1 Å². The number of hydrogen-bond acceptors (Lipinski definition) is 2. The molecule has 23 heavy (non-hydrogen) atoms. The van der Waals surface area contributed by atoms with E-state index in [1.165, 1.54) is 25.7 Å². The van der Waals surface area contributed by atoms with Gasteiger partial charge in [0.05, 0.1) is 0 Å². The summed E-state index contributed by atoms with van der Waals surface area (Å²) in [4.78, 5) is 18.7. The standard InChI is InChI=1S/C18H34N4O/c1-4-19-18(20-12-11-17(23)22(5-2)6-3)21-13-16(14-7-8-14)15-9-10-15/h14-16H,4-13H2,1-3H3,(H2,19,20,21). The van der Waals surface area contributed by atoms with Crippen molar-refractivity contribution in [2.75, 3.05) is 32.7 Å². The number of nitrogens with zero attached hydrogens (tertiary/aromatic N) is 2. The first-order chi connectivity index (χ1) is 11.2. The van der Waals surface area contributed by atoms with E-state index >= 15 is 0 Å². The SMILES string of the molecule is CCNC(=NCC(C1CC1)C1CC1)NCCC(=O)N(CC)CC. The maximum Gasteiger partial charge on any atom is 0.224 e. The van der Waals surface area contributed by atoms with Crippen molar-refractivity contribution < 1.29 is 4.79 Å². The van der Waals surface area contributed by atoms with Crippen molar-refractivity contribution in [3.05, 3.63) is 0 Å². The van der Waals surface area contributed by atoms with Crippen LogP contribution in [0.25, 0.3) is 0 Å². The number of guanidine groups is 1. The van der Waals surface area contributed by atoms with Gasteiger partial charge in [0.1, 0.15) is 0 Å². The van der Waals surface area contributed by atoms with Gasteiger partial charge in [-0.2, -0.15) is 0 Å². The Morgan fingerprint density at radius 3 is 2.17 bits per heavy atom. The largest absolute Gasteiger partial charge is 0.357 e. The molecule has 5 nitrogen and oxygen atoms in total. The van der Waals surface area contributed by atoms with Crippen LogP contribution < -0.4 is 10.6 Å². The van der Waals surface area contributed by atoms with Crippen molar-refractivity contribution in [3.8, 4) is 0 Å². The lowest BCUT2D eigenvalue weighted by Gasteiger charge is -2.19. The fraction of sp³-hybridized carbons (Fsp3) is 0.889. The van der Waals surface area contributed by atoms with E-state index in [-0.39, 0.29) is 5.91 Å². The third-order valence-corrected chi connectivity index (χ3v) is 5.01. The molecule has 2 rings (SSSR count). The molecule has 132 valence electrons. The number of amides is 1. The number of nitrogens with one attached hydrogen (secondary N) is 2. The quantitative estimate of drug-likeness (QED) is 0.479. The van der Waals surface area contributed by atoms with E-state index in [0.29, 0.717) is 13.0 Å². The van der Waals surface area contributed by atoms with Gasteiger partial charge in [-0.15, -0.1) is 0 Å². The van der Waals surface area contributed by atoms with Crippen LogP contribution in [0.1, 0.15) is 52.9 Å². The fourth-order valence-corrected chi connectivity index (χ4v) is 3.29. The van der Waals surface area contributed by atoms with E-state index in [4.69, 9.17) is 4.99 Å². The zero-order chi connectivity index (χ0) is 16.7. The number of aliphatic imine (C=N–C) groups is 1. The highest BCUT2D eigenvalue weighted by atomic mass is 16.2. The van der Waals surface area contributed by atoms with E-state index in [1.54, 1.807) is 0 Å².